The van der Waals surface area contributed by atoms with Crippen molar-refractivity contribution in [1.82, 2.24) is 4.98 Å². The van der Waals surface area contributed by atoms with Gasteiger partial charge in [0, 0.05) is 19.3 Å². The van der Waals surface area contributed by atoms with E-state index >= 15 is 0 Å². The maximum absolute atomic E-state index is 10.8. The summed E-state index contributed by atoms with van der Waals surface area (Å²) in [5, 5.41) is 20.6. The molecule has 0 spiro atoms. The van der Waals surface area contributed by atoms with Crippen LogP contribution < -0.4 is 5.32 Å². The highest BCUT2D eigenvalue weighted by Gasteiger charge is 2.12. The first-order chi connectivity index (χ1) is 8.16. The van der Waals surface area contributed by atoms with Crippen molar-refractivity contribution in [2.75, 3.05) is 18.5 Å². The average Bonchev–Trinajstić information content (AvgIpc) is 2.30. The summed E-state index contributed by atoms with van der Waals surface area (Å²) in [7, 11) is 0. The van der Waals surface area contributed by atoms with E-state index in [1.165, 1.54) is 12.3 Å². The lowest BCUT2D eigenvalue weighted by atomic mass is 10.2. The molecule has 0 aliphatic carbocycles. The average molecular weight is 259 g/mol. The fraction of sp³-hybridized carbons (Fsp3) is 0.455. The van der Waals surface area contributed by atoms with Crippen molar-refractivity contribution in [3.63, 3.8) is 0 Å². The van der Waals surface area contributed by atoms with Gasteiger partial charge in [-0.05, 0) is 25.3 Å². The summed E-state index contributed by atoms with van der Waals surface area (Å²) >= 11 is 5.90. The van der Waals surface area contributed by atoms with Crippen molar-refractivity contribution in [2.24, 2.45) is 0 Å². The van der Waals surface area contributed by atoms with E-state index in [1.807, 2.05) is 0 Å². The van der Waals surface area contributed by atoms with E-state index in [4.69, 9.17) is 21.8 Å². The third-order valence-electron chi connectivity index (χ3n) is 2.25. The summed E-state index contributed by atoms with van der Waals surface area (Å²) in [5.74, 6) is -0.684. The van der Waals surface area contributed by atoms with Crippen molar-refractivity contribution < 1.29 is 15.0 Å². The van der Waals surface area contributed by atoms with E-state index in [-0.39, 0.29) is 17.2 Å². The van der Waals surface area contributed by atoms with Gasteiger partial charge in [-0.2, -0.15) is 0 Å². The third-order valence-corrected chi connectivity index (χ3v) is 2.63. The highest BCUT2D eigenvalue weighted by atomic mass is 35.5. The minimum atomic E-state index is -1.07. The Hall–Kier alpha value is -1.33. The lowest BCUT2D eigenvalue weighted by molar-refractivity contribution is 0.0697. The minimum Gasteiger partial charge on any atom is -0.478 e. The van der Waals surface area contributed by atoms with Gasteiger partial charge in [0.2, 0.25) is 0 Å². The molecule has 5 nitrogen and oxygen atoms in total. The molecule has 0 radical (unpaired) electrons. The number of unbranched alkanes of at least 4 members (excludes halogenated alkanes) is 2. The molecule has 0 fully saturated rings. The maximum Gasteiger partial charge on any atom is 0.337 e. The zero-order valence-electron chi connectivity index (χ0n) is 9.32. The monoisotopic (exact) mass is 258 g/mol. The van der Waals surface area contributed by atoms with Gasteiger partial charge in [0.15, 0.2) is 0 Å². The quantitative estimate of drug-likeness (QED) is 0.652. The van der Waals surface area contributed by atoms with Crippen LogP contribution >= 0.6 is 11.6 Å². The lowest BCUT2D eigenvalue weighted by Gasteiger charge is -2.08. The molecule has 0 bridgehead atoms. The fourth-order valence-electron chi connectivity index (χ4n) is 1.35. The van der Waals surface area contributed by atoms with Crippen LogP contribution in [0, 0.1) is 0 Å². The predicted molar refractivity (Wildman–Crippen MR) is 65.6 cm³/mol. The van der Waals surface area contributed by atoms with Crippen LogP contribution in [0.1, 0.15) is 29.6 Å². The van der Waals surface area contributed by atoms with Gasteiger partial charge in [0.1, 0.15) is 5.82 Å². The molecule has 0 atom stereocenters. The van der Waals surface area contributed by atoms with Crippen molar-refractivity contribution in [2.45, 2.75) is 19.3 Å². The number of nitrogens with zero attached hydrogens (tertiary/aromatic N) is 1. The van der Waals surface area contributed by atoms with Crippen molar-refractivity contribution >= 4 is 23.4 Å². The molecule has 0 aliphatic rings. The summed E-state index contributed by atoms with van der Waals surface area (Å²) in [6, 6.07) is 1.36. The number of pyridine rings is 1. The number of halogens is 1. The lowest BCUT2D eigenvalue weighted by Crippen LogP contribution is -2.07. The Morgan fingerprint density at radius 2 is 2.18 bits per heavy atom. The van der Waals surface area contributed by atoms with E-state index in [1.54, 1.807) is 0 Å². The zero-order chi connectivity index (χ0) is 12.7. The SMILES string of the molecule is O=C(O)c1ccnc(NCCCCCO)c1Cl. The largest absolute Gasteiger partial charge is 0.478 e. The minimum absolute atomic E-state index is 0.0412. The highest BCUT2D eigenvalue weighted by Crippen LogP contribution is 2.23. The van der Waals surface area contributed by atoms with E-state index in [2.05, 4.69) is 10.3 Å². The highest BCUT2D eigenvalue weighted by molar-refractivity contribution is 6.35. The molecule has 0 saturated heterocycles. The second-order valence-corrected chi connectivity index (χ2v) is 3.92. The molecule has 17 heavy (non-hydrogen) atoms. The van der Waals surface area contributed by atoms with Crippen molar-refractivity contribution in [3.05, 3.63) is 22.8 Å². The maximum atomic E-state index is 10.8. The van der Waals surface area contributed by atoms with Gasteiger partial charge in [-0.3, -0.25) is 0 Å². The van der Waals surface area contributed by atoms with Gasteiger partial charge in [-0.15, -0.1) is 0 Å². The van der Waals surface area contributed by atoms with Crippen LogP contribution in [0.5, 0.6) is 0 Å². The molecular weight excluding hydrogens is 244 g/mol. The smallest absolute Gasteiger partial charge is 0.337 e. The zero-order valence-corrected chi connectivity index (χ0v) is 10.1. The number of aromatic carboxylic acids is 1. The van der Waals surface area contributed by atoms with Crippen LogP contribution in [0.25, 0.3) is 0 Å². The second-order valence-electron chi connectivity index (χ2n) is 3.54. The van der Waals surface area contributed by atoms with Crippen LogP contribution in [0.3, 0.4) is 0 Å². The van der Waals surface area contributed by atoms with Gasteiger partial charge in [-0.25, -0.2) is 9.78 Å². The van der Waals surface area contributed by atoms with Crippen LogP contribution in [0.15, 0.2) is 12.3 Å². The molecule has 0 aromatic carbocycles. The first-order valence-electron chi connectivity index (χ1n) is 5.39. The topological polar surface area (TPSA) is 82.5 Å². The molecule has 6 heteroatoms. The van der Waals surface area contributed by atoms with Crippen LogP contribution in [-0.4, -0.2) is 34.3 Å². The van der Waals surface area contributed by atoms with E-state index < -0.39 is 5.97 Å². The van der Waals surface area contributed by atoms with Crippen LogP contribution in [-0.2, 0) is 0 Å². The molecule has 94 valence electrons. The van der Waals surface area contributed by atoms with E-state index in [0.29, 0.717) is 12.4 Å². The Kier molecular flexibility index (Phi) is 5.72. The van der Waals surface area contributed by atoms with Gasteiger partial charge in [-0.1, -0.05) is 11.6 Å². The number of aliphatic hydroxyl groups is 1. The van der Waals surface area contributed by atoms with Crippen molar-refractivity contribution in [1.29, 1.82) is 0 Å². The third kappa shape index (κ3) is 4.20. The number of hydrogen-bond acceptors (Lipinski definition) is 4. The molecule has 0 amide bonds. The first-order valence-corrected chi connectivity index (χ1v) is 5.77. The number of carbonyl (C=O) groups is 1. The predicted octanol–water partition coefficient (Wildman–Crippen LogP) is 2.01. The fourth-order valence-corrected chi connectivity index (χ4v) is 1.61. The first kappa shape index (κ1) is 13.7. The summed E-state index contributed by atoms with van der Waals surface area (Å²) in [6.45, 7) is 0.837. The standard InChI is InChI=1S/C11H15ClN2O3/c12-9-8(11(16)17)4-6-14-10(9)13-5-2-1-3-7-15/h4,6,15H,1-3,5,7H2,(H,13,14)(H,16,17). The number of rotatable bonds is 7. The summed E-state index contributed by atoms with van der Waals surface area (Å²) in [6.07, 6.45) is 3.94. The van der Waals surface area contributed by atoms with Gasteiger partial charge in [0.25, 0.3) is 0 Å². The normalized spacial score (nSPS) is 10.2. The summed E-state index contributed by atoms with van der Waals surface area (Å²) in [4.78, 5) is 14.8. The number of anilines is 1. The van der Waals surface area contributed by atoms with Crippen LogP contribution in [0.2, 0.25) is 5.02 Å². The number of aliphatic hydroxyl groups excluding tert-OH is 1. The number of carboxylic acid groups (broad SMARTS) is 1. The van der Waals surface area contributed by atoms with E-state index in [0.717, 1.165) is 19.3 Å². The van der Waals surface area contributed by atoms with Crippen LogP contribution in [0.4, 0.5) is 5.82 Å². The Morgan fingerprint density at radius 1 is 1.41 bits per heavy atom. The molecule has 0 saturated carbocycles. The van der Waals surface area contributed by atoms with E-state index in [9.17, 15) is 4.79 Å². The summed E-state index contributed by atoms with van der Waals surface area (Å²) in [5.41, 5.74) is 0.0412. The molecule has 1 aromatic rings. The number of aromatic nitrogens is 1. The Labute approximate surface area is 104 Å². The molecule has 0 unspecified atom stereocenters. The molecule has 3 N–H and O–H groups in total. The molecule has 1 aromatic heterocycles. The molecular formula is C11H15ClN2O3. The van der Waals surface area contributed by atoms with Gasteiger partial charge < -0.3 is 15.5 Å². The molecule has 1 rings (SSSR count). The number of carboxylic acids is 1. The van der Waals surface area contributed by atoms with Gasteiger partial charge in [0.05, 0.1) is 10.6 Å². The number of nitrogens with one attached hydrogen (secondary N) is 1. The van der Waals surface area contributed by atoms with Gasteiger partial charge >= 0.3 is 5.97 Å². The number of hydrogen-bond donors (Lipinski definition) is 3. The molecule has 0 aliphatic heterocycles. The Morgan fingerprint density at radius 3 is 2.82 bits per heavy atom. The molecule has 1 heterocycles. The second kappa shape index (κ2) is 7.09. The Balaban J connectivity index is 2.54. The summed E-state index contributed by atoms with van der Waals surface area (Å²) < 4.78 is 0. The van der Waals surface area contributed by atoms with Crippen molar-refractivity contribution in [3.8, 4) is 0 Å². The Bertz CT molecular complexity index is 385.